The number of benzene rings is 1. The number of amides is 2. The fourth-order valence-electron chi connectivity index (χ4n) is 1.94. The molecule has 0 aromatic heterocycles. The molecule has 0 radical (unpaired) electrons. The molecule has 1 aliphatic heterocycles. The molecule has 6 heteroatoms. The van der Waals surface area contributed by atoms with Gasteiger partial charge >= 0.3 is 12.0 Å². The molecule has 1 aromatic rings. The first-order valence-electron chi connectivity index (χ1n) is 5.72. The number of aromatic carboxylic acids is 1. The molecule has 1 saturated heterocycles. The molecule has 1 aromatic carbocycles. The molecule has 0 saturated carbocycles. The summed E-state index contributed by atoms with van der Waals surface area (Å²) in [6.45, 7) is 1.10. The summed E-state index contributed by atoms with van der Waals surface area (Å²) in [5.41, 5.74) is 6.10. The zero-order valence-electron chi connectivity index (χ0n) is 9.80. The zero-order valence-corrected chi connectivity index (χ0v) is 9.80. The molecule has 1 unspecified atom stereocenters. The Morgan fingerprint density at radius 2 is 2.11 bits per heavy atom. The van der Waals surface area contributed by atoms with Crippen molar-refractivity contribution in [2.24, 2.45) is 5.73 Å². The summed E-state index contributed by atoms with van der Waals surface area (Å²) in [4.78, 5) is 24.5. The fraction of sp³-hybridized carbons (Fsp3) is 0.333. The molecule has 1 heterocycles. The SMILES string of the molecule is NC1CCN(C(=O)Nc2ccccc2C(=O)O)C1. The highest BCUT2D eigenvalue weighted by molar-refractivity contribution is 6.00. The smallest absolute Gasteiger partial charge is 0.337 e. The number of para-hydroxylation sites is 1. The normalized spacial score (nSPS) is 18.7. The Morgan fingerprint density at radius 3 is 2.72 bits per heavy atom. The average Bonchev–Trinajstić information content (AvgIpc) is 2.76. The lowest BCUT2D eigenvalue weighted by molar-refractivity contribution is 0.0698. The third-order valence-electron chi connectivity index (χ3n) is 2.91. The molecule has 0 aliphatic carbocycles. The van der Waals surface area contributed by atoms with Gasteiger partial charge in [-0.15, -0.1) is 0 Å². The van der Waals surface area contributed by atoms with Crippen molar-refractivity contribution in [1.82, 2.24) is 4.90 Å². The quantitative estimate of drug-likeness (QED) is 0.727. The van der Waals surface area contributed by atoms with Gasteiger partial charge in [-0.25, -0.2) is 9.59 Å². The van der Waals surface area contributed by atoms with Gasteiger partial charge in [0, 0.05) is 19.1 Å². The Bertz CT molecular complexity index is 475. The lowest BCUT2D eigenvalue weighted by atomic mass is 10.2. The van der Waals surface area contributed by atoms with Crippen LogP contribution in [0, 0.1) is 0 Å². The third kappa shape index (κ3) is 2.60. The first kappa shape index (κ1) is 12.4. The summed E-state index contributed by atoms with van der Waals surface area (Å²) < 4.78 is 0. The highest BCUT2D eigenvalue weighted by Gasteiger charge is 2.24. The van der Waals surface area contributed by atoms with Gasteiger partial charge in [0.2, 0.25) is 0 Å². The lowest BCUT2D eigenvalue weighted by Crippen LogP contribution is -2.35. The van der Waals surface area contributed by atoms with E-state index in [0.29, 0.717) is 18.8 Å². The van der Waals surface area contributed by atoms with Crippen molar-refractivity contribution < 1.29 is 14.7 Å². The van der Waals surface area contributed by atoms with Gasteiger partial charge < -0.3 is 21.1 Å². The van der Waals surface area contributed by atoms with Gasteiger partial charge in [0.1, 0.15) is 0 Å². The maximum Gasteiger partial charge on any atom is 0.337 e. The number of carboxylic acids is 1. The first-order valence-corrected chi connectivity index (χ1v) is 5.72. The largest absolute Gasteiger partial charge is 0.478 e. The van der Waals surface area contributed by atoms with E-state index in [1.807, 2.05) is 0 Å². The van der Waals surface area contributed by atoms with Crippen LogP contribution in [0.5, 0.6) is 0 Å². The van der Waals surface area contributed by atoms with E-state index >= 15 is 0 Å². The van der Waals surface area contributed by atoms with Crippen LogP contribution in [0.2, 0.25) is 0 Å². The maximum atomic E-state index is 11.9. The van der Waals surface area contributed by atoms with Crippen molar-refractivity contribution >= 4 is 17.7 Å². The number of urea groups is 1. The van der Waals surface area contributed by atoms with E-state index in [-0.39, 0.29) is 17.6 Å². The molecule has 1 atom stereocenters. The third-order valence-corrected chi connectivity index (χ3v) is 2.91. The van der Waals surface area contributed by atoms with Crippen LogP contribution in [-0.4, -0.2) is 41.1 Å². The highest BCUT2D eigenvalue weighted by Crippen LogP contribution is 2.16. The minimum atomic E-state index is -1.07. The Morgan fingerprint density at radius 1 is 1.39 bits per heavy atom. The van der Waals surface area contributed by atoms with E-state index < -0.39 is 5.97 Å². The average molecular weight is 249 g/mol. The van der Waals surface area contributed by atoms with Crippen molar-refractivity contribution in [2.75, 3.05) is 18.4 Å². The van der Waals surface area contributed by atoms with Crippen molar-refractivity contribution in [3.8, 4) is 0 Å². The first-order chi connectivity index (χ1) is 8.58. The summed E-state index contributed by atoms with van der Waals surface area (Å²) in [6, 6.07) is 6.01. The van der Waals surface area contributed by atoms with Crippen molar-refractivity contribution in [3.05, 3.63) is 29.8 Å². The van der Waals surface area contributed by atoms with Crippen LogP contribution >= 0.6 is 0 Å². The number of rotatable bonds is 2. The summed E-state index contributed by atoms with van der Waals surface area (Å²) in [7, 11) is 0. The van der Waals surface area contributed by atoms with Crippen LogP contribution in [0.1, 0.15) is 16.8 Å². The molecule has 18 heavy (non-hydrogen) atoms. The Balaban J connectivity index is 2.09. The van der Waals surface area contributed by atoms with Gasteiger partial charge in [-0.2, -0.15) is 0 Å². The van der Waals surface area contributed by atoms with Gasteiger partial charge in [0.25, 0.3) is 0 Å². The van der Waals surface area contributed by atoms with Crippen LogP contribution in [0.4, 0.5) is 10.5 Å². The number of nitrogens with zero attached hydrogens (tertiary/aromatic N) is 1. The molecule has 2 amide bonds. The summed E-state index contributed by atoms with van der Waals surface area (Å²) in [5.74, 6) is -1.07. The van der Waals surface area contributed by atoms with Gasteiger partial charge in [0.15, 0.2) is 0 Å². The van der Waals surface area contributed by atoms with Crippen molar-refractivity contribution in [1.29, 1.82) is 0 Å². The van der Waals surface area contributed by atoms with Gasteiger partial charge in [-0.3, -0.25) is 0 Å². The molecule has 4 N–H and O–H groups in total. The second-order valence-corrected chi connectivity index (χ2v) is 4.28. The van der Waals surface area contributed by atoms with E-state index in [1.54, 1.807) is 23.1 Å². The highest BCUT2D eigenvalue weighted by atomic mass is 16.4. The molecular weight excluding hydrogens is 234 g/mol. The Labute approximate surface area is 104 Å². The van der Waals surface area contributed by atoms with Crippen LogP contribution in [-0.2, 0) is 0 Å². The van der Waals surface area contributed by atoms with Crippen molar-refractivity contribution in [3.63, 3.8) is 0 Å². The van der Waals surface area contributed by atoms with Crippen LogP contribution in [0.25, 0.3) is 0 Å². The van der Waals surface area contributed by atoms with Gasteiger partial charge in [-0.05, 0) is 18.6 Å². The number of hydrogen-bond acceptors (Lipinski definition) is 3. The molecular formula is C12H15N3O3. The van der Waals surface area contributed by atoms with E-state index in [2.05, 4.69) is 5.32 Å². The number of carboxylic acid groups (broad SMARTS) is 1. The summed E-state index contributed by atoms with van der Waals surface area (Å²) >= 11 is 0. The molecule has 1 fully saturated rings. The standard InChI is InChI=1S/C12H15N3O3/c13-8-5-6-15(7-8)12(18)14-10-4-2-1-3-9(10)11(16)17/h1-4,8H,5-7,13H2,(H,14,18)(H,16,17). The molecule has 0 bridgehead atoms. The predicted molar refractivity (Wildman–Crippen MR) is 66.6 cm³/mol. The lowest BCUT2D eigenvalue weighted by Gasteiger charge is -2.17. The van der Waals surface area contributed by atoms with Crippen LogP contribution < -0.4 is 11.1 Å². The van der Waals surface area contributed by atoms with E-state index in [1.165, 1.54) is 6.07 Å². The Kier molecular flexibility index (Phi) is 3.47. The minimum absolute atomic E-state index is 0.00506. The number of carbonyl (C=O) groups excluding carboxylic acids is 1. The molecule has 96 valence electrons. The summed E-state index contributed by atoms with van der Waals surface area (Å²) in [6.07, 6.45) is 0.772. The molecule has 2 rings (SSSR count). The van der Waals surface area contributed by atoms with Gasteiger partial charge in [-0.1, -0.05) is 12.1 Å². The Hall–Kier alpha value is -2.08. The second-order valence-electron chi connectivity index (χ2n) is 4.28. The van der Waals surface area contributed by atoms with Crippen LogP contribution in [0.3, 0.4) is 0 Å². The number of nitrogens with two attached hydrogens (primary N) is 1. The monoisotopic (exact) mass is 249 g/mol. The number of hydrogen-bond donors (Lipinski definition) is 3. The number of anilines is 1. The second kappa shape index (κ2) is 5.05. The zero-order chi connectivity index (χ0) is 13.1. The number of nitrogens with one attached hydrogen (secondary N) is 1. The van der Waals surface area contributed by atoms with Gasteiger partial charge in [0.05, 0.1) is 11.3 Å². The van der Waals surface area contributed by atoms with E-state index in [0.717, 1.165) is 6.42 Å². The summed E-state index contributed by atoms with van der Waals surface area (Å²) in [5, 5.41) is 11.6. The maximum absolute atomic E-state index is 11.9. The number of likely N-dealkylation sites (tertiary alicyclic amines) is 1. The fourth-order valence-corrected chi connectivity index (χ4v) is 1.94. The molecule has 1 aliphatic rings. The molecule has 0 spiro atoms. The van der Waals surface area contributed by atoms with Crippen molar-refractivity contribution in [2.45, 2.75) is 12.5 Å². The van der Waals surface area contributed by atoms with E-state index in [4.69, 9.17) is 10.8 Å². The number of carbonyl (C=O) groups is 2. The predicted octanol–water partition coefficient (Wildman–Crippen LogP) is 0.950. The van der Waals surface area contributed by atoms with Crippen LogP contribution in [0.15, 0.2) is 24.3 Å². The van der Waals surface area contributed by atoms with E-state index in [9.17, 15) is 9.59 Å². The minimum Gasteiger partial charge on any atom is -0.478 e. The topological polar surface area (TPSA) is 95.7 Å². The molecule has 6 nitrogen and oxygen atoms in total.